The van der Waals surface area contributed by atoms with Crippen molar-refractivity contribution in [1.82, 2.24) is 15.6 Å². The van der Waals surface area contributed by atoms with Crippen molar-refractivity contribution in [2.24, 2.45) is 0 Å². The van der Waals surface area contributed by atoms with Crippen molar-refractivity contribution in [3.63, 3.8) is 0 Å². The minimum Gasteiger partial charge on any atom is -0.390 e. The average molecular weight is 277 g/mol. The summed E-state index contributed by atoms with van der Waals surface area (Å²) in [7, 11) is 0. The zero-order chi connectivity index (χ0) is 14.1. The van der Waals surface area contributed by atoms with Gasteiger partial charge in [0.15, 0.2) is 5.69 Å². The fourth-order valence-corrected chi connectivity index (χ4v) is 2.44. The van der Waals surface area contributed by atoms with Crippen molar-refractivity contribution >= 4 is 5.91 Å². The van der Waals surface area contributed by atoms with Crippen LogP contribution in [0.2, 0.25) is 0 Å². The van der Waals surface area contributed by atoms with Gasteiger partial charge in [0.1, 0.15) is 17.2 Å². The van der Waals surface area contributed by atoms with Gasteiger partial charge in [0.2, 0.25) is 0 Å². The summed E-state index contributed by atoms with van der Waals surface area (Å²) in [6.07, 6.45) is 2.08. The van der Waals surface area contributed by atoms with Crippen molar-refractivity contribution < 1.29 is 18.9 Å². The van der Waals surface area contributed by atoms with Gasteiger partial charge in [-0.3, -0.25) is 4.79 Å². The molecule has 3 rings (SSSR count). The maximum absolute atomic E-state index is 12.0. The lowest BCUT2D eigenvalue weighted by atomic mass is 9.92. The molecule has 106 valence electrons. The Morgan fingerprint density at radius 1 is 1.50 bits per heavy atom. The average Bonchev–Trinajstić information content (AvgIpc) is 3.04. The molecule has 7 nitrogen and oxygen atoms in total. The first-order valence-corrected chi connectivity index (χ1v) is 6.48. The summed E-state index contributed by atoms with van der Waals surface area (Å²) < 4.78 is 10.1. The Kier molecular flexibility index (Phi) is 3.27. The van der Waals surface area contributed by atoms with Gasteiger partial charge in [0, 0.05) is 24.1 Å². The van der Waals surface area contributed by atoms with Crippen molar-refractivity contribution in [2.45, 2.75) is 38.8 Å². The van der Waals surface area contributed by atoms with Gasteiger partial charge in [0.25, 0.3) is 5.91 Å². The van der Waals surface area contributed by atoms with Gasteiger partial charge in [-0.25, -0.2) is 0 Å². The zero-order valence-corrected chi connectivity index (χ0v) is 11.0. The summed E-state index contributed by atoms with van der Waals surface area (Å²) in [5, 5.41) is 19.6. The molecule has 2 aromatic heterocycles. The number of amides is 1. The molecule has 0 saturated carbocycles. The molecule has 0 bridgehead atoms. The van der Waals surface area contributed by atoms with Crippen LogP contribution in [0.3, 0.4) is 0 Å². The fourth-order valence-electron chi connectivity index (χ4n) is 2.44. The molecule has 20 heavy (non-hydrogen) atoms. The molecule has 2 heterocycles. The Hall–Kier alpha value is -2.15. The van der Waals surface area contributed by atoms with E-state index in [9.17, 15) is 9.90 Å². The van der Waals surface area contributed by atoms with Gasteiger partial charge >= 0.3 is 0 Å². The summed E-state index contributed by atoms with van der Waals surface area (Å²) in [6, 6.07) is 1.58. The zero-order valence-electron chi connectivity index (χ0n) is 11.0. The van der Waals surface area contributed by atoms with E-state index in [2.05, 4.69) is 15.6 Å². The molecule has 0 aromatic carbocycles. The van der Waals surface area contributed by atoms with Crippen LogP contribution in [0, 0.1) is 6.92 Å². The van der Waals surface area contributed by atoms with Crippen LogP contribution in [0.15, 0.2) is 15.1 Å². The molecular weight excluding hydrogens is 262 g/mol. The number of fused-ring (bicyclic) bond motifs is 1. The number of hydrogen-bond acceptors (Lipinski definition) is 6. The molecule has 1 aliphatic rings. The molecule has 1 aliphatic carbocycles. The normalized spacial score (nSPS) is 17.8. The number of aromatic nitrogens is 2. The lowest BCUT2D eigenvalue weighted by Crippen LogP contribution is -2.39. The molecule has 0 saturated heterocycles. The predicted molar refractivity (Wildman–Crippen MR) is 66.9 cm³/mol. The Morgan fingerprint density at radius 2 is 2.35 bits per heavy atom. The van der Waals surface area contributed by atoms with Crippen molar-refractivity contribution in [1.29, 1.82) is 0 Å². The number of nitrogens with one attached hydrogen (secondary N) is 1. The first kappa shape index (κ1) is 12.9. The first-order valence-electron chi connectivity index (χ1n) is 6.48. The van der Waals surface area contributed by atoms with Gasteiger partial charge in [0.05, 0.1) is 6.61 Å². The van der Waals surface area contributed by atoms with E-state index in [-0.39, 0.29) is 24.2 Å². The maximum atomic E-state index is 12.0. The highest BCUT2D eigenvalue weighted by Crippen LogP contribution is 2.24. The Bertz CT molecular complexity index is 618. The second-order valence-electron chi connectivity index (χ2n) is 4.93. The third-order valence-corrected chi connectivity index (χ3v) is 3.47. The maximum Gasteiger partial charge on any atom is 0.273 e. The topological polar surface area (TPSA) is 101 Å². The summed E-state index contributed by atoms with van der Waals surface area (Å²) >= 11 is 0. The number of aryl methyl sites for hydroxylation is 2. The number of carbonyl (C=O) groups is 1. The van der Waals surface area contributed by atoms with E-state index < -0.39 is 0 Å². The Balaban J connectivity index is 1.69. The molecule has 0 radical (unpaired) electrons. The van der Waals surface area contributed by atoms with E-state index in [4.69, 9.17) is 9.05 Å². The lowest BCUT2D eigenvalue weighted by molar-refractivity contribution is 0.0923. The van der Waals surface area contributed by atoms with Crippen LogP contribution >= 0.6 is 0 Å². The SMILES string of the molecule is Cc1cc(C(=O)NC2CCc3onc(CO)c3C2)no1. The second kappa shape index (κ2) is 5.09. The molecule has 0 spiro atoms. The molecule has 1 atom stereocenters. The third kappa shape index (κ3) is 2.32. The van der Waals surface area contributed by atoms with Crippen LogP contribution in [0.25, 0.3) is 0 Å². The minimum absolute atomic E-state index is 0.0169. The van der Waals surface area contributed by atoms with Gasteiger partial charge < -0.3 is 19.5 Å². The third-order valence-electron chi connectivity index (χ3n) is 3.47. The van der Waals surface area contributed by atoms with Crippen molar-refractivity contribution in [3.05, 3.63) is 34.5 Å². The molecule has 2 aromatic rings. The van der Waals surface area contributed by atoms with Crippen LogP contribution in [0.5, 0.6) is 0 Å². The number of aliphatic hydroxyl groups is 1. The first-order chi connectivity index (χ1) is 9.67. The number of carbonyl (C=O) groups excluding carboxylic acids is 1. The van der Waals surface area contributed by atoms with Gasteiger partial charge in [-0.15, -0.1) is 0 Å². The van der Waals surface area contributed by atoms with Crippen LogP contribution in [0.4, 0.5) is 0 Å². The quantitative estimate of drug-likeness (QED) is 0.858. The monoisotopic (exact) mass is 277 g/mol. The summed E-state index contributed by atoms with van der Waals surface area (Å²) in [5.74, 6) is 1.15. The number of aliphatic hydroxyl groups excluding tert-OH is 1. The fraction of sp³-hybridized carbons (Fsp3) is 0.462. The highest BCUT2D eigenvalue weighted by molar-refractivity contribution is 5.92. The van der Waals surface area contributed by atoms with Crippen LogP contribution < -0.4 is 5.32 Å². The predicted octanol–water partition coefficient (Wildman–Crippen LogP) is 0.751. The molecular formula is C13H15N3O4. The van der Waals surface area contributed by atoms with Crippen LogP contribution in [-0.2, 0) is 19.4 Å². The van der Waals surface area contributed by atoms with Gasteiger partial charge in [-0.05, 0) is 19.8 Å². The standard InChI is InChI=1S/C13H15N3O4/c1-7-4-10(15-19-7)13(18)14-8-2-3-12-9(5-8)11(6-17)16-20-12/h4,8,17H,2-3,5-6H2,1H3,(H,14,18). The van der Waals surface area contributed by atoms with E-state index >= 15 is 0 Å². The van der Waals surface area contributed by atoms with E-state index in [1.807, 2.05) is 0 Å². The second-order valence-corrected chi connectivity index (χ2v) is 4.93. The molecule has 2 N–H and O–H groups in total. The molecule has 0 aliphatic heterocycles. The highest BCUT2D eigenvalue weighted by atomic mass is 16.5. The molecule has 7 heteroatoms. The largest absolute Gasteiger partial charge is 0.390 e. The lowest BCUT2D eigenvalue weighted by Gasteiger charge is -2.21. The number of nitrogens with zero attached hydrogens (tertiary/aromatic N) is 2. The van der Waals surface area contributed by atoms with E-state index in [1.54, 1.807) is 13.0 Å². The number of hydrogen-bond donors (Lipinski definition) is 2. The minimum atomic E-state index is -0.252. The van der Waals surface area contributed by atoms with Crippen LogP contribution in [0.1, 0.15) is 39.7 Å². The van der Waals surface area contributed by atoms with E-state index in [0.717, 1.165) is 17.7 Å². The van der Waals surface area contributed by atoms with Crippen molar-refractivity contribution in [2.75, 3.05) is 0 Å². The molecule has 0 fully saturated rings. The van der Waals surface area contributed by atoms with Gasteiger partial charge in [-0.2, -0.15) is 0 Å². The molecule has 1 amide bonds. The molecule has 1 unspecified atom stereocenters. The van der Waals surface area contributed by atoms with Gasteiger partial charge in [-0.1, -0.05) is 10.3 Å². The van der Waals surface area contributed by atoms with E-state index in [1.165, 1.54) is 0 Å². The smallest absolute Gasteiger partial charge is 0.273 e. The summed E-state index contributed by atoms with van der Waals surface area (Å²) in [4.78, 5) is 12.0. The van der Waals surface area contributed by atoms with Crippen molar-refractivity contribution in [3.8, 4) is 0 Å². The van der Waals surface area contributed by atoms with Crippen LogP contribution in [-0.4, -0.2) is 27.4 Å². The highest BCUT2D eigenvalue weighted by Gasteiger charge is 2.27. The Labute approximate surface area is 114 Å². The Morgan fingerprint density at radius 3 is 3.05 bits per heavy atom. The number of rotatable bonds is 3. The van der Waals surface area contributed by atoms with E-state index in [0.29, 0.717) is 24.3 Å². The summed E-state index contributed by atoms with van der Waals surface area (Å²) in [5.41, 5.74) is 1.73. The summed E-state index contributed by atoms with van der Waals surface area (Å²) in [6.45, 7) is 1.59.